The number of nitrogens with one attached hydrogen (secondary N) is 1. The van der Waals surface area contributed by atoms with Crippen molar-refractivity contribution in [2.75, 3.05) is 77.3 Å². The molecule has 1 aliphatic heterocycles. The summed E-state index contributed by atoms with van der Waals surface area (Å²) in [6.07, 6.45) is -2.09. The molecule has 18 heteroatoms. The Balaban J connectivity index is 2.43. The van der Waals surface area contributed by atoms with Crippen LogP contribution in [0.25, 0.3) is 0 Å². The molecule has 0 aromatic heterocycles. The van der Waals surface area contributed by atoms with Gasteiger partial charge in [0.1, 0.15) is 5.69 Å². The molecule has 0 bridgehead atoms. The average molecular weight is 585 g/mol. The summed E-state index contributed by atoms with van der Waals surface area (Å²) in [5, 5.41) is 39.3. The SMILES string of the molecule is O=C(O)CN1CCN(CC(=O)O)CCN(C(Nc2c(F)c(F)c(F)c(F)c2F)C(=O)O)CCN(CC(=O)O)CC1. The van der Waals surface area contributed by atoms with Crippen LogP contribution in [0.5, 0.6) is 0 Å². The van der Waals surface area contributed by atoms with E-state index in [9.17, 15) is 61.6 Å². The highest BCUT2D eigenvalue weighted by Crippen LogP contribution is 2.28. The summed E-state index contributed by atoms with van der Waals surface area (Å²) < 4.78 is 69.5. The van der Waals surface area contributed by atoms with Crippen molar-refractivity contribution in [2.45, 2.75) is 6.17 Å². The van der Waals surface area contributed by atoms with Gasteiger partial charge in [0.2, 0.25) is 5.82 Å². The number of hydrogen-bond acceptors (Lipinski definition) is 9. The van der Waals surface area contributed by atoms with Gasteiger partial charge in [-0.15, -0.1) is 0 Å². The monoisotopic (exact) mass is 585 g/mol. The molecule has 1 saturated heterocycles. The van der Waals surface area contributed by atoms with Crippen molar-refractivity contribution >= 4 is 29.6 Å². The fourth-order valence-corrected chi connectivity index (χ4v) is 4.04. The molecular weight excluding hydrogens is 557 g/mol. The van der Waals surface area contributed by atoms with Crippen molar-refractivity contribution in [3.8, 4) is 0 Å². The molecule has 1 fully saturated rings. The largest absolute Gasteiger partial charge is 0.480 e. The van der Waals surface area contributed by atoms with Crippen LogP contribution in [0.1, 0.15) is 0 Å². The van der Waals surface area contributed by atoms with Crippen LogP contribution in [0.4, 0.5) is 27.6 Å². The lowest BCUT2D eigenvalue weighted by molar-refractivity contribution is -0.143. The van der Waals surface area contributed by atoms with Gasteiger partial charge in [0.15, 0.2) is 29.4 Å². The predicted octanol–water partition coefficient (Wildman–Crippen LogP) is -0.320. The van der Waals surface area contributed by atoms with Crippen LogP contribution in [0.2, 0.25) is 0 Å². The summed E-state index contributed by atoms with van der Waals surface area (Å²) in [7, 11) is 0. The number of anilines is 1. The predicted molar refractivity (Wildman–Crippen MR) is 125 cm³/mol. The Morgan fingerprint density at radius 3 is 1.18 bits per heavy atom. The van der Waals surface area contributed by atoms with E-state index >= 15 is 0 Å². The average Bonchev–Trinajstić information content (AvgIpc) is 2.86. The maximum atomic E-state index is 14.3. The standard InChI is InChI=1S/C22H28F5N5O8/c23-15-16(24)18(26)20(19(27)17(15)25)28-21(22(39)40)32-7-5-30(10-13(35)36)3-1-29(9-12(33)34)2-4-31(6-8-32)11-14(37)38/h21,28H,1-11H2,(H,33,34)(H,35,36)(H,37,38)(H,39,40). The lowest BCUT2D eigenvalue weighted by atomic mass is 10.2. The molecule has 40 heavy (non-hydrogen) atoms. The molecule has 1 aliphatic rings. The summed E-state index contributed by atoms with van der Waals surface area (Å²) in [6.45, 7) is -2.38. The molecule has 1 atom stereocenters. The Morgan fingerprint density at radius 2 is 0.875 bits per heavy atom. The maximum Gasteiger partial charge on any atom is 0.341 e. The normalized spacial score (nSPS) is 17.9. The molecule has 2 rings (SSSR count). The zero-order valence-electron chi connectivity index (χ0n) is 21.0. The maximum absolute atomic E-state index is 14.3. The zero-order valence-corrected chi connectivity index (χ0v) is 21.0. The minimum Gasteiger partial charge on any atom is -0.480 e. The summed E-state index contributed by atoms with van der Waals surface area (Å²) in [5.41, 5.74) is -1.59. The van der Waals surface area contributed by atoms with Gasteiger partial charge in [0.25, 0.3) is 0 Å². The Labute approximate surface area is 224 Å². The lowest BCUT2D eigenvalue weighted by Crippen LogP contribution is -2.54. The van der Waals surface area contributed by atoms with Gasteiger partial charge in [-0.25, -0.2) is 26.7 Å². The molecule has 1 aromatic rings. The number of carboxylic acid groups (broad SMARTS) is 4. The minimum atomic E-state index is -2.44. The molecule has 13 nitrogen and oxygen atoms in total. The smallest absolute Gasteiger partial charge is 0.341 e. The fraction of sp³-hybridized carbons (Fsp3) is 0.545. The summed E-state index contributed by atoms with van der Waals surface area (Å²) in [5.74, 6) is -17.1. The molecule has 0 saturated carbocycles. The molecule has 5 N–H and O–H groups in total. The number of nitrogens with zero attached hydrogens (tertiary/aromatic N) is 4. The highest BCUT2D eigenvalue weighted by molar-refractivity contribution is 5.77. The highest BCUT2D eigenvalue weighted by atomic mass is 19.2. The summed E-state index contributed by atoms with van der Waals surface area (Å²) in [6, 6.07) is 0. The first-order valence-corrected chi connectivity index (χ1v) is 11.8. The molecule has 1 unspecified atom stereocenters. The van der Waals surface area contributed by atoms with Crippen LogP contribution in [0.15, 0.2) is 0 Å². The van der Waals surface area contributed by atoms with Gasteiger partial charge in [-0.3, -0.25) is 34.0 Å². The number of benzene rings is 1. The Bertz CT molecular complexity index is 1050. The first-order valence-electron chi connectivity index (χ1n) is 11.8. The van der Waals surface area contributed by atoms with Gasteiger partial charge in [0.05, 0.1) is 19.6 Å². The van der Waals surface area contributed by atoms with Crippen molar-refractivity contribution in [3.05, 3.63) is 29.1 Å². The molecule has 1 heterocycles. The van der Waals surface area contributed by atoms with E-state index in [1.54, 1.807) is 0 Å². The Morgan fingerprint density at radius 1 is 0.575 bits per heavy atom. The molecular formula is C22H28F5N5O8. The minimum absolute atomic E-state index is 0.00480. The first-order chi connectivity index (χ1) is 18.7. The topological polar surface area (TPSA) is 174 Å². The highest BCUT2D eigenvalue weighted by Gasteiger charge is 2.33. The summed E-state index contributed by atoms with van der Waals surface area (Å²) >= 11 is 0. The molecule has 224 valence electrons. The number of rotatable bonds is 10. The van der Waals surface area contributed by atoms with Crippen molar-refractivity contribution < 1.29 is 61.6 Å². The third-order valence-electron chi connectivity index (χ3n) is 6.04. The van der Waals surface area contributed by atoms with Crippen LogP contribution in [-0.2, 0) is 19.2 Å². The van der Waals surface area contributed by atoms with Crippen molar-refractivity contribution in [1.82, 2.24) is 19.6 Å². The molecule has 0 amide bonds. The van der Waals surface area contributed by atoms with Gasteiger partial charge in [0, 0.05) is 52.4 Å². The Hall–Kier alpha value is -3.61. The number of carbonyl (C=O) groups is 4. The molecule has 1 aromatic carbocycles. The number of halogens is 5. The van der Waals surface area contributed by atoms with Crippen LogP contribution in [0, 0.1) is 29.1 Å². The number of hydrogen-bond donors (Lipinski definition) is 5. The van der Waals surface area contributed by atoms with Crippen LogP contribution in [-0.4, -0.2) is 142 Å². The lowest BCUT2D eigenvalue weighted by Gasteiger charge is -2.35. The van der Waals surface area contributed by atoms with Gasteiger partial charge < -0.3 is 25.7 Å². The molecule has 0 radical (unpaired) electrons. The van der Waals surface area contributed by atoms with E-state index in [4.69, 9.17) is 0 Å². The van der Waals surface area contributed by atoms with Gasteiger partial charge >= 0.3 is 23.9 Å². The van der Waals surface area contributed by atoms with E-state index in [1.165, 1.54) is 14.7 Å². The number of aliphatic carboxylic acids is 4. The Kier molecular flexibility index (Phi) is 12.0. The third kappa shape index (κ3) is 9.25. The third-order valence-corrected chi connectivity index (χ3v) is 6.04. The second kappa shape index (κ2) is 14.7. The van der Waals surface area contributed by atoms with E-state index in [1.807, 2.05) is 5.32 Å². The fourth-order valence-electron chi connectivity index (χ4n) is 4.04. The first kappa shape index (κ1) is 32.6. The quantitative estimate of drug-likeness (QED) is 0.137. The van der Waals surface area contributed by atoms with Crippen molar-refractivity contribution in [3.63, 3.8) is 0 Å². The van der Waals surface area contributed by atoms with E-state index in [0.29, 0.717) is 0 Å². The van der Waals surface area contributed by atoms with E-state index in [0.717, 1.165) is 4.90 Å². The van der Waals surface area contributed by atoms with Crippen LogP contribution >= 0.6 is 0 Å². The van der Waals surface area contributed by atoms with Crippen LogP contribution < -0.4 is 5.32 Å². The van der Waals surface area contributed by atoms with Crippen molar-refractivity contribution in [2.24, 2.45) is 0 Å². The van der Waals surface area contributed by atoms with E-state index in [2.05, 4.69) is 0 Å². The second-order valence-corrected chi connectivity index (χ2v) is 8.88. The van der Waals surface area contributed by atoms with Gasteiger partial charge in [-0.2, -0.15) is 0 Å². The van der Waals surface area contributed by atoms with E-state index < -0.39 is 84.5 Å². The van der Waals surface area contributed by atoms with E-state index in [-0.39, 0.29) is 52.4 Å². The second-order valence-electron chi connectivity index (χ2n) is 8.88. The summed E-state index contributed by atoms with van der Waals surface area (Å²) in [4.78, 5) is 51.3. The molecule has 0 aliphatic carbocycles. The number of carboxylic acids is 4. The van der Waals surface area contributed by atoms with Crippen molar-refractivity contribution in [1.29, 1.82) is 0 Å². The molecule has 0 spiro atoms. The van der Waals surface area contributed by atoms with Crippen LogP contribution in [0.3, 0.4) is 0 Å². The van der Waals surface area contributed by atoms with Gasteiger partial charge in [-0.1, -0.05) is 0 Å². The zero-order chi connectivity index (χ0) is 30.1. The van der Waals surface area contributed by atoms with Gasteiger partial charge in [-0.05, 0) is 0 Å².